The molecule has 0 aromatic rings. The van der Waals surface area contributed by atoms with Crippen LogP contribution in [0.4, 0.5) is 4.79 Å². The number of likely N-dealkylation sites (tertiary alicyclic amines) is 1. The van der Waals surface area contributed by atoms with Crippen LogP contribution < -0.4 is 11.1 Å². The summed E-state index contributed by atoms with van der Waals surface area (Å²) >= 11 is 0. The van der Waals surface area contributed by atoms with Gasteiger partial charge >= 0.3 is 12.0 Å². The second-order valence-electron chi connectivity index (χ2n) is 4.23. The Balaban J connectivity index is 2.57. The molecule has 0 bridgehead atoms. The number of carbonyl (C=O) groups excluding carboxylic acids is 2. The monoisotopic (exact) mass is 243 g/mol. The largest absolute Gasteiger partial charge is 0.480 e. The van der Waals surface area contributed by atoms with Crippen molar-refractivity contribution in [3.63, 3.8) is 0 Å². The Morgan fingerprint density at radius 2 is 2.06 bits per heavy atom. The van der Waals surface area contributed by atoms with Gasteiger partial charge in [0.05, 0.1) is 5.92 Å². The summed E-state index contributed by atoms with van der Waals surface area (Å²) in [4.78, 5) is 34.5. The average Bonchev–Trinajstić information content (AvgIpc) is 2.26. The smallest absolute Gasteiger partial charge is 0.323 e. The highest BCUT2D eigenvalue weighted by molar-refractivity contribution is 5.82. The van der Waals surface area contributed by atoms with Crippen LogP contribution in [-0.2, 0) is 9.59 Å². The minimum atomic E-state index is -1.10. The number of nitrogens with one attached hydrogen (secondary N) is 1. The lowest BCUT2D eigenvalue weighted by Gasteiger charge is -2.36. The Morgan fingerprint density at radius 1 is 1.41 bits per heavy atom. The number of carboxylic acid groups (broad SMARTS) is 1. The van der Waals surface area contributed by atoms with Crippen LogP contribution in [0.3, 0.4) is 0 Å². The summed E-state index contributed by atoms with van der Waals surface area (Å²) in [6.07, 6.45) is 1.35. The molecule has 1 aliphatic rings. The van der Waals surface area contributed by atoms with E-state index in [2.05, 4.69) is 5.32 Å². The van der Waals surface area contributed by atoms with E-state index in [0.29, 0.717) is 12.8 Å². The number of urea groups is 1. The number of carbonyl (C=O) groups is 3. The number of amides is 3. The van der Waals surface area contributed by atoms with E-state index in [1.54, 1.807) is 0 Å². The van der Waals surface area contributed by atoms with Crippen molar-refractivity contribution in [3.8, 4) is 0 Å². The van der Waals surface area contributed by atoms with Gasteiger partial charge in [-0.2, -0.15) is 0 Å². The van der Waals surface area contributed by atoms with Gasteiger partial charge in [-0.1, -0.05) is 0 Å². The molecule has 0 aromatic heterocycles. The Labute approximate surface area is 98.9 Å². The molecule has 0 aliphatic carbocycles. The van der Waals surface area contributed by atoms with E-state index >= 15 is 0 Å². The van der Waals surface area contributed by atoms with Gasteiger partial charge in [0.15, 0.2) is 0 Å². The number of piperidine rings is 1. The highest BCUT2D eigenvalue weighted by Crippen LogP contribution is 2.21. The molecule has 0 radical (unpaired) electrons. The molecule has 17 heavy (non-hydrogen) atoms. The van der Waals surface area contributed by atoms with E-state index in [1.165, 1.54) is 4.90 Å². The predicted molar refractivity (Wildman–Crippen MR) is 59.1 cm³/mol. The van der Waals surface area contributed by atoms with E-state index in [4.69, 9.17) is 10.8 Å². The third kappa shape index (κ3) is 3.61. The zero-order valence-corrected chi connectivity index (χ0v) is 9.68. The minimum absolute atomic E-state index is 0.0144. The minimum Gasteiger partial charge on any atom is -0.480 e. The molecule has 1 heterocycles. The average molecular weight is 243 g/mol. The van der Waals surface area contributed by atoms with Crippen LogP contribution in [0.2, 0.25) is 0 Å². The first-order valence-corrected chi connectivity index (χ1v) is 5.47. The van der Waals surface area contributed by atoms with E-state index in [1.807, 2.05) is 6.92 Å². The lowest BCUT2D eigenvalue weighted by Crippen LogP contribution is -2.52. The van der Waals surface area contributed by atoms with Crippen molar-refractivity contribution >= 4 is 17.9 Å². The lowest BCUT2D eigenvalue weighted by molar-refractivity contribution is -0.136. The van der Waals surface area contributed by atoms with Crippen LogP contribution in [0.1, 0.15) is 19.8 Å². The van der Waals surface area contributed by atoms with Gasteiger partial charge in [0.2, 0.25) is 5.91 Å². The summed E-state index contributed by atoms with van der Waals surface area (Å²) in [5.41, 5.74) is 5.21. The fraction of sp³-hybridized carbons (Fsp3) is 0.700. The molecular weight excluding hydrogens is 226 g/mol. The van der Waals surface area contributed by atoms with Crippen molar-refractivity contribution in [1.29, 1.82) is 0 Å². The predicted octanol–water partition coefficient (Wildman–Crippen LogP) is -0.634. The molecule has 1 fully saturated rings. The third-order valence-electron chi connectivity index (χ3n) is 2.94. The Bertz CT molecular complexity index is 332. The van der Waals surface area contributed by atoms with Gasteiger partial charge in [0.1, 0.15) is 6.54 Å². The number of rotatable bonds is 3. The normalized spacial score (nSPS) is 24.2. The second-order valence-corrected chi connectivity index (χ2v) is 4.23. The SMILES string of the molecule is CC1CCC(C(N)=O)CN1C(=O)NCC(=O)O. The number of aliphatic carboxylic acids is 1. The van der Waals surface area contributed by atoms with Crippen LogP contribution in [-0.4, -0.2) is 47.0 Å². The van der Waals surface area contributed by atoms with Gasteiger partial charge in [-0.25, -0.2) is 4.79 Å². The van der Waals surface area contributed by atoms with Crippen molar-refractivity contribution in [1.82, 2.24) is 10.2 Å². The quantitative estimate of drug-likeness (QED) is 0.612. The zero-order valence-electron chi connectivity index (χ0n) is 9.68. The van der Waals surface area contributed by atoms with Crippen LogP contribution in [0, 0.1) is 5.92 Å². The highest BCUT2D eigenvalue weighted by Gasteiger charge is 2.31. The fourth-order valence-electron chi connectivity index (χ4n) is 1.87. The van der Waals surface area contributed by atoms with Gasteiger partial charge in [-0.15, -0.1) is 0 Å². The summed E-state index contributed by atoms with van der Waals surface area (Å²) in [7, 11) is 0. The Morgan fingerprint density at radius 3 is 2.59 bits per heavy atom. The van der Waals surface area contributed by atoms with Crippen molar-refractivity contribution in [2.24, 2.45) is 11.7 Å². The van der Waals surface area contributed by atoms with Gasteiger partial charge in [-0.05, 0) is 19.8 Å². The maximum absolute atomic E-state index is 11.7. The van der Waals surface area contributed by atoms with Crippen molar-refractivity contribution < 1.29 is 19.5 Å². The summed E-state index contributed by atoms with van der Waals surface area (Å²) in [5.74, 6) is -1.87. The van der Waals surface area contributed by atoms with Gasteiger partial charge < -0.3 is 21.1 Å². The summed E-state index contributed by atoms with van der Waals surface area (Å²) in [6.45, 7) is 1.68. The molecule has 0 saturated carbocycles. The van der Waals surface area contributed by atoms with Gasteiger partial charge in [-0.3, -0.25) is 9.59 Å². The molecule has 2 atom stereocenters. The number of nitrogens with zero attached hydrogens (tertiary/aromatic N) is 1. The molecule has 3 amide bonds. The Kier molecular flexibility index (Phi) is 4.30. The molecule has 7 nitrogen and oxygen atoms in total. The fourth-order valence-corrected chi connectivity index (χ4v) is 1.87. The molecule has 1 rings (SSSR count). The zero-order chi connectivity index (χ0) is 13.0. The molecular formula is C10H17N3O4. The number of nitrogens with two attached hydrogens (primary N) is 1. The number of primary amides is 1. The number of hydrogen-bond acceptors (Lipinski definition) is 3. The standard InChI is InChI=1S/C10H17N3O4/c1-6-2-3-7(9(11)16)5-13(6)10(17)12-4-8(14)15/h6-7H,2-5H2,1H3,(H2,11,16)(H,12,17)(H,14,15). The molecule has 1 saturated heterocycles. The van der Waals surface area contributed by atoms with Gasteiger partial charge in [0.25, 0.3) is 0 Å². The molecule has 0 aromatic carbocycles. The van der Waals surface area contributed by atoms with Crippen LogP contribution in [0.5, 0.6) is 0 Å². The van der Waals surface area contributed by atoms with E-state index in [9.17, 15) is 14.4 Å². The van der Waals surface area contributed by atoms with Crippen LogP contribution >= 0.6 is 0 Å². The van der Waals surface area contributed by atoms with E-state index in [0.717, 1.165) is 0 Å². The molecule has 96 valence electrons. The Hall–Kier alpha value is -1.79. The van der Waals surface area contributed by atoms with Crippen molar-refractivity contribution in [2.75, 3.05) is 13.1 Å². The number of hydrogen-bond donors (Lipinski definition) is 3. The summed E-state index contributed by atoms with van der Waals surface area (Å²) < 4.78 is 0. The third-order valence-corrected chi connectivity index (χ3v) is 2.94. The van der Waals surface area contributed by atoms with Crippen LogP contribution in [0.25, 0.3) is 0 Å². The first-order chi connectivity index (χ1) is 7.91. The molecule has 4 N–H and O–H groups in total. The maximum Gasteiger partial charge on any atom is 0.323 e. The molecule has 2 unspecified atom stereocenters. The first-order valence-electron chi connectivity index (χ1n) is 5.47. The summed E-state index contributed by atoms with van der Waals surface area (Å²) in [5, 5.41) is 10.7. The second kappa shape index (κ2) is 5.51. The molecule has 1 aliphatic heterocycles. The van der Waals surface area contributed by atoms with Gasteiger partial charge in [0, 0.05) is 12.6 Å². The van der Waals surface area contributed by atoms with Crippen LogP contribution in [0.15, 0.2) is 0 Å². The molecule has 0 spiro atoms. The first kappa shape index (κ1) is 13.3. The molecule has 7 heteroatoms. The summed E-state index contributed by atoms with van der Waals surface area (Å²) in [6, 6.07) is -0.481. The highest BCUT2D eigenvalue weighted by atomic mass is 16.4. The van der Waals surface area contributed by atoms with E-state index < -0.39 is 24.5 Å². The number of carboxylic acids is 1. The lowest BCUT2D eigenvalue weighted by atomic mass is 9.93. The van der Waals surface area contributed by atoms with Crippen molar-refractivity contribution in [2.45, 2.75) is 25.8 Å². The maximum atomic E-state index is 11.7. The van der Waals surface area contributed by atoms with E-state index in [-0.39, 0.29) is 18.5 Å². The topological polar surface area (TPSA) is 113 Å². The van der Waals surface area contributed by atoms with Crippen molar-refractivity contribution in [3.05, 3.63) is 0 Å².